The minimum Gasteiger partial charge on any atom is -0.315 e. The molecule has 0 aliphatic rings. The van der Waals surface area contributed by atoms with Gasteiger partial charge in [0.25, 0.3) is 0 Å². The molecule has 0 aliphatic carbocycles. The Morgan fingerprint density at radius 1 is 1.46 bits per heavy atom. The molecule has 0 radical (unpaired) electrons. The van der Waals surface area contributed by atoms with E-state index in [0.717, 1.165) is 11.6 Å². The van der Waals surface area contributed by atoms with Crippen molar-refractivity contribution in [3.05, 3.63) is 34.2 Å². The number of hydrogen-bond donors (Lipinski definition) is 1. The molecule has 1 nitrogen and oxygen atoms in total. The van der Waals surface area contributed by atoms with E-state index in [1.807, 2.05) is 19.2 Å². The Morgan fingerprint density at radius 2 is 2.31 bits per heavy atom. The Bertz CT molecular complexity index is 422. The second-order valence-electron chi connectivity index (χ2n) is 2.89. The molecule has 0 spiro atoms. The predicted octanol–water partition coefficient (Wildman–Crippen LogP) is 3.27. The first-order valence-corrected chi connectivity index (χ1v) is 5.32. The summed E-state index contributed by atoms with van der Waals surface area (Å²) >= 11 is 7.85. The first kappa shape index (κ1) is 9.00. The molecule has 68 valence electrons. The van der Waals surface area contributed by atoms with Crippen molar-refractivity contribution in [1.82, 2.24) is 5.32 Å². The standard InChI is InChI=1S/C10H10ClNS/c1-12-6-7-5-8-9(11)3-2-4-10(8)13-7/h2-5,12H,6H2,1H3. The summed E-state index contributed by atoms with van der Waals surface area (Å²) in [7, 11) is 1.95. The molecule has 2 rings (SSSR count). The van der Waals surface area contributed by atoms with Gasteiger partial charge < -0.3 is 5.32 Å². The maximum Gasteiger partial charge on any atom is 0.0492 e. The van der Waals surface area contributed by atoms with Crippen molar-refractivity contribution in [1.29, 1.82) is 0 Å². The average molecular weight is 212 g/mol. The number of rotatable bonds is 2. The summed E-state index contributed by atoms with van der Waals surface area (Å²) in [4.78, 5) is 1.32. The van der Waals surface area contributed by atoms with Crippen LogP contribution in [0.3, 0.4) is 0 Å². The van der Waals surface area contributed by atoms with Crippen LogP contribution in [0.25, 0.3) is 10.1 Å². The highest BCUT2D eigenvalue weighted by Crippen LogP contribution is 2.30. The van der Waals surface area contributed by atoms with E-state index in [9.17, 15) is 0 Å². The van der Waals surface area contributed by atoms with Crippen molar-refractivity contribution in [2.24, 2.45) is 0 Å². The number of fused-ring (bicyclic) bond motifs is 1. The lowest BCUT2D eigenvalue weighted by Gasteiger charge is -1.90. The van der Waals surface area contributed by atoms with E-state index in [4.69, 9.17) is 11.6 Å². The molecule has 0 amide bonds. The Labute approximate surface area is 86.3 Å². The molecule has 1 aromatic heterocycles. The van der Waals surface area contributed by atoms with Gasteiger partial charge in [0.15, 0.2) is 0 Å². The number of thiophene rings is 1. The van der Waals surface area contributed by atoms with Gasteiger partial charge in [-0.05, 0) is 25.2 Å². The van der Waals surface area contributed by atoms with Crippen LogP contribution in [-0.4, -0.2) is 7.05 Å². The first-order valence-electron chi connectivity index (χ1n) is 4.13. The summed E-state index contributed by atoms with van der Waals surface area (Å²) in [5.74, 6) is 0. The summed E-state index contributed by atoms with van der Waals surface area (Å²) in [6, 6.07) is 8.17. The van der Waals surface area contributed by atoms with Gasteiger partial charge in [0.2, 0.25) is 0 Å². The van der Waals surface area contributed by atoms with E-state index in [-0.39, 0.29) is 0 Å². The lowest BCUT2D eigenvalue weighted by atomic mass is 10.2. The molecule has 0 fully saturated rings. The number of halogens is 1. The van der Waals surface area contributed by atoms with E-state index >= 15 is 0 Å². The molecule has 0 saturated heterocycles. The monoisotopic (exact) mass is 211 g/mol. The molecule has 13 heavy (non-hydrogen) atoms. The average Bonchev–Trinajstić information content (AvgIpc) is 2.49. The van der Waals surface area contributed by atoms with Crippen LogP contribution in [-0.2, 0) is 6.54 Å². The van der Waals surface area contributed by atoms with Crippen molar-refractivity contribution >= 4 is 33.0 Å². The fraction of sp³-hybridized carbons (Fsp3) is 0.200. The fourth-order valence-electron chi connectivity index (χ4n) is 1.34. The third-order valence-corrected chi connectivity index (χ3v) is 3.34. The molecular weight excluding hydrogens is 202 g/mol. The van der Waals surface area contributed by atoms with E-state index in [2.05, 4.69) is 17.4 Å². The fourth-order valence-corrected chi connectivity index (χ4v) is 2.73. The molecule has 0 unspecified atom stereocenters. The second-order valence-corrected chi connectivity index (χ2v) is 4.47. The molecule has 0 atom stereocenters. The minimum absolute atomic E-state index is 0.844. The van der Waals surface area contributed by atoms with E-state index in [0.29, 0.717) is 0 Å². The van der Waals surface area contributed by atoms with Gasteiger partial charge in [-0.3, -0.25) is 0 Å². The third-order valence-electron chi connectivity index (χ3n) is 1.91. The summed E-state index contributed by atoms with van der Waals surface area (Å²) in [5, 5.41) is 5.14. The smallest absolute Gasteiger partial charge is 0.0492 e. The lowest BCUT2D eigenvalue weighted by molar-refractivity contribution is 0.832. The summed E-state index contributed by atoms with van der Waals surface area (Å²) < 4.78 is 1.26. The molecule has 1 aromatic carbocycles. The highest BCUT2D eigenvalue weighted by molar-refractivity contribution is 7.19. The highest BCUT2D eigenvalue weighted by atomic mass is 35.5. The zero-order valence-corrected chi connectivity index (χ0v) is 8.88. The van der Waals surface area contributed by atoms with Crippen LogP contribution in [0.4, 0.5) is 0 Å². The maximum atomic E-state index is 6.06. The quantitative estimate of drug-likeness (QED) is 0.804. The van der Waals surface area contributed by atoms with Crippen molar-refractivity contribution in [3.8, 4) is 0 Å². The van der Waals surface area contributed by atoms with Gasteiger partial charge in [0, 0.05) is 26.5 Å². The predicted molar refractivity (Wildman–Crippen MR) is 59.6 cm³/mol. The molecule has 0 saturated carbocycles. The lowest BCUT2D eigenvalue weighted by Crippen LogP contribution is -2.02. The van der Waals surface area contributed by atoms with E-state index in [1.165, 1.54) is 15.0 Å². The number of nitrogens with one attached hydrogen (secondary N) is 1. The first-order chi connectivity index (χ1) is 6.31. The van der Waals surface area contributed by atoms with Crippen molar-refractivity contribution in [2.45, 2.75) is 6.54 Å². The zero-order chi connectivity index (χ0) is 9.26. The largest absolute Gasteiger partial charge is 0.315 e. The summed E-state index contributed by atoms with van der Waals surface area (Å²) in [6.45, 7) is 0.912. The zero-order valence-electron chi connectivity index (χ0n) is 7.30. The maximum absolute atomic E-state index is 6.06. The van der Waals surface area contributed by atoms with Crippen molar-refractivity contribution in [3.63, 3.8) is 0 Å². The Balaban J connectivity index is 2.55. The Kier molecular flexibility index (Phi) is 2.54. The summed E-state index contributed by atoms with van der Waals surface area (Å²) in [6.07, 6.45) is 0. The summed E-state index contributed by atoms with van der Waals surface area (Å²) in [5.41, 5.74) is 0. The highest BCUT2D eigenvalue weighted by Gasteiger charge is 2.03. The SMILES string of the molecule is CNCc1cc2c(Cl)cccc2s1. The van der Waals surface area contributed by atoms with Gasteiger partial charge in [0.1, 0.15) is 0 Å². The van der Waals surface area contributed by atoms with Gasteiger partial charge in [-0.1, -0.05) is 17.7 Å². The molecular formula is C10H10ClNS. The van der Waals surface area contributed by atoms with Crippen molar-refractivity contribution < 1.29 is 0 Å². The molecule has 0 aliphatic heterocycles. The molecule has 1 heterocycles. The normalized spacial score (nSPS) is 10.9. The molecule has 3 heteroatoms. The van der Waals surface area contributed by atoms with Crippen LogP contribution in [0.1, 0.15) is 4.88 Å². The van der Waals surface area contributed by atoms with Gasteiger partial charge >= 0.3 is 0 Å². The molecule has 1 N–H and O–H groups in total. The molecule has 2 aromatic rings. The van der Waals surface area contributed by atoms with Gasteiger partial charge in [-0.25, -0.2) is 0 Å². The van der Waals surface area contributed by atoms with Crippen LogP contribution < -0.4 is 5.32 Å². The second kappa shape index (κ2) is 3.66. The van der Waals surface area contributed by atoms with Crippen LogP contribution in [0, 0.1) is 0 Å². The van der Waals surface area contributed by atoms with Crippen LogP contribution in [0.2, 0.25) is 5.02 Å². The van der Waals surface area contributed by atoms with Crippen LogP contribution in [0.5, 0.6) is 0 Å². The van der Waals surface area contributed by atoms with Gasteiger partial charge in [-0.15, -0.1) is 11.3 Å². The third kappa shape index (κ3) is 1.70. The number of benzene rings is 1. The van der Waals surface area contributed by atoms with Crippen LogP contribution >= 0.6 is 22.9 Å². The van der Waals surface area contributed by atoms with Crippen molar-refractivity contribution in [2.75, 3.05) is 7.05 Å². The van der Waals surface area contributed by atoms with E-state index in [1.54, 1.807) is 11.3 Å². The Hall–Kier alpha value is -0.570. The van der Waals surface area contributed by atoms with Gasteiger partial charge in [0.05, 0.1) is 0 Å². The molecule has 0 bridgehead atoms. The number of hydrogen-bond acceptors (Lipinski definition) is 2. The van der Waals surface area contributed by atoms with Gasteiger partial charge in [-0.2, -0.15) is 0 Å². The Morgan fingerprint density at radius 3 is 3.00 bits per heavy atom. The van der Waals surface area contributed by atoms with E-state index < -0.39 is 0 Å². The minimum atomic E-state index is 0.844. The topological polar surface area (TPSA) is 12.0 Å². The van der Waals surface area contributed by atoms with Crippen LogP contribution in [0.15, 0.2) is 24.3 Å².